The number of hydrogen-bond acceptors (Lipinski definition) is 5. The predicted octanol–water partition coefficient (Wildman–Crippen LogP) is 2.91. The van der Waals surface area contributed by atoms with Gasteiger partial charge in [-0.3, -0.25) is 10.0 Å². The van der Waals surface area contributed by atoms with Crippen molar-refractivity contribution < 1.29 is 10.0 Å². The van der Waals surface area contributed by atoms with Crippen LogP contribution in [0.5, 0.6) is 0 Å². The van der Waals surface area contributed by atoms with E-state index in [1.807, 2.05) is 48.5 Å². The lowest BCUT2D eigenvalue weighted by atomic mass is 10.2. The zero-order valence-electron chi connectivity index (χ0n) is 11.1. The number of carbonyl (C=O) groups excluding carboxylic acids is 1. The van der Waals surface area contributed by atoms with Gasteiger partial charge in [0.25, 0.3) is 5.91 Å². The van der Waals surface area contributed by atoms with Gasteiger partial charge in [-0.05, 0) is 60.0 Å². The molecule has 0 spiro atoms. The predicted molar refractivity (Wildman–Crippen MR) is 85.7 cm³/mol. The number of amides is 1. The Bertz CT molecular complexity index is 624. The molecule has 0 saturated heterocycles. The van der Waals surface area contributed by atoms with Crippen molar-refractivity contribution >= 4 is 35.3 Å². The van der Waals surface area contributed by atoms with Gasteiger partial charge in [0, 0.05) is 22.3 Å². The average Bonchev–Trinajstić information content (AvgIpc) is 2.53. The number of carbonyl (C=O) groups is 1. The Morgan fingerprint density at radius 3 is 2.38 bits per heavy atom. The molecule has 2 aromatic rings. The summed E-state index contributed by atoms with van der Waals surface area (Å²) >= 11 is 1.49. The van der Waals surface area contributed by atoms with Gasteiger partial charge in [-0.2, -0.15) is 0 Å². The highest BCUT2D eigenvalue weighted by molar-refractivity contribution is 8.00. The third-order valence-corrected chi connectivity index (χ3v) is 3.46. The molecule has 6 heteroatoms. The number of anilines is 2. The molecule has 0 bridgehead atoms. The number of nitrogens with one attached hydrogen (secondary N) is 2. The number of hydroxylamine groups is 1. The van der Waals surface area contributed by atoms with E-state index in [4.69, 9.17) is 10.9 Å². The van der Waals surface area contributed by atoms with Gasteiger partial charge in [-0.25, -0.2) is 5.48 Å². The van der Waals surface area contributed by atoms with Crippen molar-refractivity contribution in [1.29, 1.82) is 0 Å². The van der Waals surface area contributed by atoms with Crippen LogP contribution < -0.4 is 15.9 Å². The normalized spacial score (nSPS) is 10.5. The molecule has 0 fully saturated rings. The first-order valence-electron chi connectivity index (χ1n) is 6.18. The largest absolute Gasteiger partial charge is 0.399 e. The van der Waals surface area contributed by atoms with E-state index in [-0.39, 0.29) is 0 Å². The standard InChI is InChI=1S/C15H15N3O2S/c16-12-4-8-14(9-5-12)21-18-13-6-1-11(2-7-13)3-10-15(19)17-20/h1-10,18,20H,16H2,(H,17,19)/b10-3+. The fourth-order valence-electron chi connectivity index (χ4n) is 1.53. The van der Waals surface area contributed by atoms with Gasteiger partial charge >= 0.3 is 0 Å². The Balaban J connectivity index is 1.91. The molecule has 0 aliphatic carbocycles. The maximum Gasteiger partial charge on any atom is 0.267 e. The molecule has 1 amide bonds. The monoisotopic (exact) mass is 301 g/mol. The minimum Gasteiger partial charge on any atom is -0.399 e. The lowest BCUT2D eigenvalue weighted by Gasteiger charge is -2.06. The number of benzene rings is 2. The van der Waals surface area contributed by atoms with Crippen LogP contribution in [-0.2, 0) is 4.79 Å². The molecule has 0 saturated carbocycles. The van der Waals surface area contributed by atoms with E-state index in [0.29, 0.717) is 0 Å². The summed E-state index contributed by atoms with van der Waals surface area (Å²) in [6.45, 7) is 0. The highest BCUT2D eigenvalue weighted by Crippen LogP contribution is 2.22. The van der Waals surface area contributed by atoms with Crippen molar-refractivity contribution in [2.75, 3.05) is 10.5 Å². The fourth-order valence-corrected chi connectivity index (χ4v) is 2.17. The minimum atomic E-state index is -0.559. The topological polar surface area (TPSA) is 87.4 Å². The molecule has 21 heavy (non-hydrogen) atoms. The van der Waals surface area contributed by atoms with Crippen LogP contribution >= 0.6 is 11.9 Å². The molecule has 0 atom stereocenters. The molecule has 0 aliphatic heterocycles. The van der Waals surface area contributed by atoms with E-state index in [0.717, 1.165) is 21.8 Å². The zero-order valence-corrected chi connectivity index (χ0v) is 11.9. The van der Waals surface area contributed by atoms with Crippen LogP contribution in [0.25, 0.3) is 6.08 Å². The smallest absolute Gasteiger partial charge is 0.267 e. The van der Waals surface area contributed by atoms with Crippen molar-refractivity contribution in [3.63, 3.8) is 0 Å². The molecule has 0 aromatic heterocycles. The molecule has 5 nitrogen and oxygen atoms in total. The number of hydrogen-bond donors (Lipinski definition) is 4. The Morgan fingerprint density at radius 2 is 1.76 bits per heavy atom. The van der Waals surface area contributed by atoms with Gasteiger partial charge in [0.05, 0.1) is 0 Å². The zero-order chi connectivity index (χ0) is 15.1. The van der Waals surface area contributed by atoms with Crippen LogP contribution in [0, 0.1) is 0 Å². The van der Waals surface area contributed by atoms with Crippen molar-refractivity contribution in [1.82, 2.24) is 5.48 Å². The number of rotatable bonds is 5. The van der Waals surface area contributed by atoms with E-state index in [9.17, 15) is 4.79 Å². The van der Waals surface area contributed by atoms with Crippen LogP contribution in [0.15, 0.2) is 59.5 Å². The van der Waals surface area contributed by atoms with Crippen molar-refractivity contribution in [2.45, 2.75) is 4.90 Å². The molecule has 0 heterocycles. The van der Waals surface area contributed by atoms with Gasteiger partial charge in [-0.15, -0.1) is 0 Å². The van der Waals surface area contributed by atoms with Crippen LogP contribution in [0.4, 0.5) is 11.4 Å². The van der Waals surface area contributed by atoms with Gasteiger partial charge in [0.2, 0.25) is 0 Å². The van der Waals surface area contributed by atoms with Crippen molar-refractivity contribution in [3.05, 3.63) is 60.2 Å². The molecule has 0 aliphatic rings. The molecule has 2 rings (SSSR count). The highest BCUT2D eigenvalue weighted by Gasteiger charge is 1.96. The van der Waals surface area contributed by atoms with Crippen molar-refractivity contribution in [3.8, 4) is 0 Å². The quantitative estimate of drug-likeness (QED) is 0.224. The maximum absolute atomic E-state index is 10.9. The summed E-state index contributed by atoms with van der Waals surface area (Å²) in [5.74, 6) is -0.559. The first-order valence-corrected chi connectivity index (χ1v) is 6.99. The molecule has 5 N–H and O–H groups in total. The average molecular weight is 301 g/mol. The third kappa shape index (κ3) is 4.87. The lowest BCUT2D eigenvalue weighted by molar-refractivity contribution is -0.124. The molecule has 0 radical (unpaired) electrons. The third-order valence-electron chi connectivity index (χ3n) is 2.61. The second-order valence-electron chi connectivity index (χ2n) is 4.20. The Kier molecular flexibility index (Phi) is 5.25. The summed E-state index contributed by atoms with van der Waals surface area (Å²) in [7, 11) is 0. The van der Waals surface area contributed by atoms with E-state index in [1.54, 1.807) is 6.08 Å². The summed E-state index contributed by atoms with van der Waals surface area (Å²) in [5, 5.41) is 8.38. The fraction of sp³-hybridized carbons (Fsp3) is 0. The SMILES string of the molecule is Nc1ccc(SNc2ccc(/C=C/C(=O)NO)cc2)cc1. The number of nitrogens with two attached hydrogens (primary N) is 1. The summed E-state index contributed by atoms with van der Waals surface area (Å²) in [6.07, 6.45) is 2.87. The first-order chi connectivity index (χ1) is 10.2. The lowest BCUT2D eigenvalue weighted by Crippen LogP contribution is -2.14. The van der Waals surface area contributed by atoms with Crippen molar-refractivity contribution in [2.24, 2.45) is 0 Å². The maximum atomic E-state index is 10.9. The Morgan fingerprint density at radius 1 is 1.10 bits per heavy atom. The molecular weight excluding hydrogens is 286 g/mol. The molecule has 2 aromatic carbocycles. The minimum absolute atomic E-state index is 0.559. The Hall–Kier alpha value is -2.44. The highest BCUT2D eigenvalue weighted by atomic mass is 32.2. The van der Waals surface area contributed by atoms with Gasteiger partial charge in [0.15, 0.2) is 0 Å². The van der Waals surface area contributed by atoms with E-state index < -0.39 is 5.91 Å². The van der Waals surface area contributed by atoms with Gasteiger partial charge in [0.1, 0.15) is 0 Å². The van der Waals surface area contributed by atoms with Crippen LogP contribution in [-0.4, -0.2) is 11.1 Å². The van der Waals surface area contributed by atoms with E-state index in [1.165, 1.54) is 23.5 Å². The Labute approximate surface area is 127 Å². The van der Waals surface area contributed by atoms with Gasteiger partial charge in [-0.1, -0.05) is 12.1 Å². The molecular formula is C15H15N3O2S. The number of nitrogen functional groups attached to an aromatic ring is 1. The summed E-state index contributed by atoms with van der Waals surface area (Å²) in [5.41, 5.74) is 9.71. The van der Waals surface area contributed by atoms with Gasteiger partial charge < -0.3 is 10.5 Å². The summed E-state index contributed by atoms with van der Waals surface area (Å²) in [6, 6.07) is 15.1. The summed E-state index contributed by atoms with van der Waals surface area (Å²) < 4.78 is 3.22. The van der Waals surface area contributed by atoms with E-state index in [2.05, 4.69) is 4.72 Å². The first kappa shape index (κ1) is 15.0. The van der Waals surface area contributed by atoms with E-state index >= 15 is 0 Å². The summed E-state index contributed by atoms with van der Waals surface area (Å²) in [4.78, 5) is 11.9. The van der Waals surface area contributed by atoms with Crippen LogP contribution in [0.3, 0.4) is 0 Å². The molecule has 0 unspecified atom stereocenters. The second-order valence-corrected chi connectivity index (χ2v) is 5.08. The van der Waals surface area contributed by atoms with Crippen LogP contribution in [0.2, 0.25) is 0 Å². The second kappa shape index (κ2) is 7.37. The molecule has 108 valence electrons. The van der Waals surface area contributed by atoms with Crippen LogP contribution in [0.1, 0.15) is 5.56 Å².